The van der Waals surface area contributed by atoms with Crippen molar-refractivity contribution in [3.63, 3.8) is 0 Å². The molecule has 9 heteroatoms. The van der Waals surface area contributed by atoms with E-state index in [2.05, 4.69) is 10.6 Å². The lowest BCUT2D eigenvalue weighted by Crippen LogP contribution is -2.44. The van der Waals surface area contributed by atoms with E-state index in [0.717, 1.165) is 12.3 Å². The number of halogens is 1. The van der Waals surface area contributed by atoms with Crippen molar-refractivity contribution in [2.24, 2.45) is 0 Å². The maximum Gasteiger partial charge on any atom is 0.255 e. The molecule has 0 fully saturated rings. The van der Waals surface area contributed by atoms with Crippen LogP contribution in [-0.4, -0.2) is 45.4 Å². The van der Waals surface area contributed by atoms with Gasteiger partial charge in [-0.05, 0) is 36.8 Å². The number of rotatable bonds is 8. The van der Waals surface area contributed by atoms with Crippen LogP contribution in [0.4, 0.5) is 10.1 Å². The summed E-state index contributed by atoms with van der Waals surface area (Å²) in [5.41, 5.74) is 0.397. The molecule has 0 bridgehead atoms. The van der Waals surface area contributed by atoms with Crippen LogP contribution < -0.4 is 15.4 Å². The summed E-state index contributed by atoms with van der Waals surface area (Å²) in [5.74, 6) is -1.78. The number of methoxy groups -OCH3 is 1. The number of para-hydroxylation sites is 1. The average molecular weight is 408 g/mol. The molecular formula is C19H21FN2O5S. The number of anilines is 1. The minimum absolute atomic E-state index is 0.138. The highest BCUT2D eigenvalue weighted by Crippen LogP contribution is 2.18. The van der Waals surface area contributed by atoms with Crippen LogP contribution in [0, 0.1) is 5.82 Å². The maximum atomic E-state index is 13.3. The Morgan fingerprint density at radius 3 is 2.50 bits per heavy atom. The molecule has 0 aliphatic carbocycles. The van der Waals surface area contributed by atoms with Gasteiger partial charge in [0.15, 0.2) is 0 Å². The Morgan fingerprint density at radius 1 is 1.14 bits per heavy atom. The first-order chi connectivity index (χ1) is 13.2. The van der Waals surface area contributed by atoms with Crippen molar-refractivity contribution in [1.29, 1.82) is 0 Å². The molecule has 0 aromatic heterocycles. The van der Waals surface area contributed by atoms with Crippen molar-refractivity contribution in [2.45, 2.75) is 12.5 Å². The minimum Gasteiger partial charge on any atom is -0.496 e. The van der Waals surface area contributed by atoms with Crippen molar-refractivity contribution in [2.75, 3.05) is 24.4 Å². The molecule has 0 saturated heterocycles. The van der Waals surface area contributed by atoms with Crippen molar-refractivity contribution >= 4 is 27.3 Å². The summed E-state index contributed by atoms with van der Waals surface area (Å²) in [6.45, 7) is 0. The summed E-state index contributed by atoms with van der Waals surface area (Å²) in [6, 6.07) is 10.5. The lowest BCUT2D eigenvalue weighted by Gasteiger charge is -2.19. The third-order valence-electron chi connectivity index (χ3n) is 3.84. The average Bonchev–Trinajstić information content (AvgIpc) is 2.64. The van der Waals surface area contributed by atoms with Gasteiger partial charge >= 0.3 is 0 Å². The first-order valence-corrected chi connectivity index (χ1v) is 10.4. The predicted octanol–water partition coefficient (Wildman–Crippen LogP) is 2.01. The van der Waals surface area contributed by atoms with Gasteiger partial charge in [-0.3, -0.25) is 9.59 Å². The number of hydrogen-bond acceptors (Lipinski definition) is 5. The Hall–Kier alpha value is -2.94. The summed E-state index contributed by atoms with van der Waals surface area (Å²) in [4.78, 5) is 25.2. The summed E-state index contributed by atoms with van der Waals surface area (Å²) in [6.07, 6.45) is 0.900. The Bertz CT molecular complexity index is 962. The first-order valence-electron chi connectivity index (χ1n) is 8.37. The van der Waals surface area contributed by atoms with Gasteiger partial charge in [0.1, 0.15) is 27.4 Å². The number of amides is 2. The Balaban J connectivity index is 2.20. The molecule has 2 rings (SSSR count). The predicted molar refractivity (Wildman–Crippen MR) is 104 cm³/mol. The van der Waals surface area contributed by atoms with Crippen molar-refractivity contribution in [1.82, 2.24) is 5.32 Å². The molecule has 0 saturated carbocycles. The fourth-order valence-electron chi connectivity index (χ4n) is 2.46. The molecule has 0 spiro atoms. The Kier molecular flexibility index (Phi) is 7.11. The molecule has 28 heavy (non-hydrogen) atoms. The summed E-state index contributed by atoms with van der Waals surface area (Å²) in [7, 11) is -1.95. The zero-order valence-electron chi connectivity index (χ0n) is 15.4. The van der Waals surface area contributed by atoms with Gasteiger partial charge in [0.25, 0.3) is 5.91 Å². The number of hydrogen-bond donors (Lipinski definition) is 2. The number of carbonyl (C=O) groups is 2. The lowest BCUT2D eigenvalue weighted by atomic mass is 10.1. The van der Waals surface area contributed by atoms with E-state index in [1.54, 1.807) is 18.2 Å². The fourth-order valence-corrected chi connectivity index (χ4v) is 3.13. The van der Waals surface area contributed by atoms with E-state index in [9.17, 15) is 22.4 Å². The van der Waals surface area contributed by atoms with Crippen LogP contribution in [0.3, 0.4) is 0 Å². The van der Waals surface area contributed by atoms with E-state index in [0.29, 0.717) is 5.75 Å². The number of ether oxygens (including phenoxy) is 1. The Labute approximate surface area is 162 Å². The van der Waals surface area contributed by atoms with Crippen LogP contribution in [0.2, 0.25) is 0 Å². The van der Waals surface area contributed by atoms with E-state index < -0.39 is 33.5 Å². The van der Waals surface area contributed by atoms with Crippen LogP contribution in [-0.2, 0) is 14.6 Å². The highest BCUT2D eigenvalue weighted by molar-refractivity contribution is 7.90. The van der Waals surface area contributed by atoms with Crippen molar-refractivity contribution < 1.29 is 27.1 Å². The molecule has 0 aliphatic heterocycles. The largest absolute Gasteiger partial charge is 0.496 e. The molecule has 2 amide bonds. The molecule has 2 N–H and O–H groups in total. The number of benzene rings is 2. The molecule has 1 atom stereocenters. The molecule has 0 aliphatic rings. The van der Waals surface area contributed by atoms with Crippen LogP contribution in [0.1, 0.15) is 16.8 Å². The quantitative estimate of drug-likeness (QED) is 0.696. The molecule has 7 nitrogen and oxygen atoms in total. The zero-order chi connectivity index (χ0) is 20.7. The Morgan fingerprint density at radius 2 is 1.86 bits per heavy atom. The van der Waals surface area contributed by atoms with E-state index in [4.69, 9.17) is 4.74 Å². The van der Waals surface area contributed by atoms with Gasteiger partial charge < -0.3 is 15.4 Å². The number of carbonyl (C=O) groups excluding carboxylic acids is 2. The fraction of sp³-hybridized carbons (Fsp3) is 0.263. The van der Waals surface area contributed by atoms with Gasteiger partial charge in [-0.15, -0.1) is 0 Å². The lowest BCUT2D eigenvalue weighted by molar-refractivity contribution is -0.118. The van der Waals surface area contributed by atoms with Gasteiger partial charge in [0.05, 0.1) is 18.4 Å². The monoisotopic (exact) mass is 408 g/mol. The van der Waals surface area contributed by atoms with Crippen LogP contribution in [0.25, 0.3) is 0 Å². The van der Waals surface area contributed by atoms with E-state index >= 15 is 0 Å². The van der Waals surface area contributed by atoms with Crippen LogP contribution in [0.5, 0.6) is 5.75 Å². The zero-order valence-corrected chi connectivity index (χ0v) is 16.3. The number of sulfone groups is 1. The standard InChI is InChI=1S/C19H21FN2O5S/c1-27-17-9-4-3-8-15(17)18(23)22-16(10-11-28(2,25)26)19(24)21-14-7-5-6-13(20)12-14/h3-9,12,16H,10-11H2,1-2H3,(H,21,24)(H,22,23). The second-order valence-corrected chi connectivity index (χ2v) is 8.40. The smallest absolute Gasteiger partial charge is 0.255 e. The molecule has 2 aromatic rings. The van der Waals surface area contributed by atoms with Gasteiger partial charge in [0, 0.05) is 11.9 Å². The summed E-state index contributed by atoms with van der Waals surface area (Å²) in [5, 5.41) is 5.01. The van der Waals surface area contributed by atoms with Gasteiger partial charge in [-0.1, -0.05) is 18.2 Å². The summed E-state index contributed by atoms with van der Waals surface area (Å²) >= 11 is 0. The van der Waals surface area contributed by atoms with Crippen LogP contribution >= 0.6 is 0 Å². The summed E-state index contributed by atoms with van der Waals surface area (Å²) < 4.78 is 41.5. The van der Waals surface area contributed by atoms with E-state index in [1.807, 2.05) is 0 Å². The van der Waals surface area contributed by atoms with Gasteiger partial charge in [-0.2, -0.15) is 0 Å². The topological polar surface area (TPSA) is 102 Å². The third kappa shape index (κ3) is 6.34. The molecule has 150 valence electrons. The van der Waals surface area contributed by atoms with E-state index in [1.165, 1.54) is 31.4 Å². The SMILES string of the molecule is COc1ccccc1C(=O)NC(CCS(C)(=O)=O)C(=O)Nc1cccc(F)c1. The van der Waals surface area contributed by atoms with Crippen molar-refractivity contribution in [3.8, 4) is 5.75 Å². The normalized spacial score (nSPS) is 12.1. The van der Waals surface area contributed by atoms with Crippen molar-refractivity contribution in [3.05, 3.63) is 59.9 Å². The molecule has 0 radical (unpaired) electrons. The van der Waals surface area contributed by atoms with Gasteiger partial charge in [0.2, 0.25) is 5.91 Å². The molecule has 1 unspecified atom stereocenters. The van der Waals surface area contributed by atoms with Crippen LogP contribution in [0.15, 0.2) is 48.5 Å². The highest BCUT2D eigenvalue weighted by Gasteiger charge is 2.24. The maximum absolute atomic E-state index is 13.3. The molecule has 2 aromatic carbocycles. The first kappa shape index (κ1) is 21.4. The minimum atomic E-state index is -3.36. The molecular weight excluding hydrogens is 387 g/mol. The second kappa shape index (κ2) is 9.32. The highest BCUT2D eigenvalue weighted by atomic mass is 32.2. The second-order valence-electron chi connectivity index (χ2n) is 6.14. The van der Waals surface area contributed by atoms with E-state index in [-0.39, 0.29) is 23.4 Å². The molecule has 0 heterocycles. The third-order valence-corrected chi connectivity index (χ3v) is 4.82. The van der Waals surface area contributed by atoms with Gasteiger partial charge in [-0.25, -0.2) is 12.8 Å². The number of nitrogens with one attached hydrogen (secondary N) is 2.